The van der Waals surface area contributed by atoms with Crippen molar-refractivity contribution in [2.75, 3.05) is 12.3 Å². The molecule has 0 saturated carbocycles. The number of hydrogen-bond donors (Lipinski definition) is 1. The van der Waals surface area contributed by atoms with Crippen LogP contribution in [0.25, 0.3) is 0 Å². The lowest BCUT2D eigenvalue weighted by Crippen LogP contribution is -2.22. The zero-order valence-corrected chi connectivity index (χ0v) is 8.69. The van der Waals surface area contributed by atoms with Crippen LogP contribution in [0.3, 0.4) is 0 Å². The average Bonchev–Trinajstić information content (AvgIpc) is 2.10. The second-order valence-corrected chi connectivity index (χ2v) is 3.45. The van der Waals surface area contributed by atoms with Gasteiger partial charge in [0.15, 0.2) is 0 Å². The Labute approximate surface area is 87.4 Å². The van der Waals surface area contributed by atoms with Crippen molar-refractivity contribution < 1.29 is 9.85 Å². The van der Waals surface area contributed by atoms with E-state index in [0.717, 1.165) is 6.42 Å². The van der Waals surface area contributed by atoms with Crippen LogP contribution in [0.2, 0.25) is 0 Å². The molecule has 14 heavy (non-hydrogen) atoms. The molecule has 0 aliphatic heterocycles. The minimum Gasteiger partial charge on any atom is -0.265 e. The van der Waals surface area contributed by atoms with Crippen molar-refractivity contribution >= 4 is 12.6 Å². The first kappa shape index (κ1) is 13.2. The molecule has 0 bridgehead atoms. The van der Waals surface area contributed by atoms with Gasteiger partial charge in [0.25, 0.3) is 0 Å². The Balaban J connectivity index is 3.78. The summed E-state index contributed by atoms with van der Waals surface area (Å²) in [5.41, 5.74) is 0. The molecular weight excluding hydrogens is 208 g/mol. The number of rotatable bonds is 8. The smallest absolute Gasteiger partial charge is 0.219 e. The number of hydrogen-bond acceptors (Lipinski definition) is 5. The molecule has 0 heterocycles. The maximum Gasteiger partial charge on any atom is 0.219 e. The summed E-state index contributed by atoms with van der Waals surface area (Å²) in [6, 6.07) is -0.778. The van der Waals surface area contributed by atoms with Crippen molar-refractivity contribution in [1.82, 2.24) is 0 Å². The van der Waals surface area contributed by atoms with E-state index in [-0.39, 0.29) is 13.0 Å². The van der Waals surface area contributed by atoms with Gasteiger partial charge in [-0.15, -0.1) is 0 Å². The molecular formula is C7H14N2O4S. The Morgan fingerprint density at radius 2 is 1.79 bits per heavy atom. The highest BCUT2D eigenvalue weighted by Crippen LogP contribution is 2.08. The van der Waals surface area contributed by atoms with Crippen molar-refractivity contribution in [3.63, 3.8) is 0 Å². The van der Waals surface area contributed by atoms with Gasteiger partial charge in [0.1, 0.15) is 0 Å². The molecule has 0 N–H and O–H groups in total. The molecule has 0 rings (SSSR count). The van der Waals surface area contributed by atoms with Gasteiger partial charge in [-0.1, -0.05) is 0 Å². The monoisotopic (exact) mass is 222 g/mol. The first-order valence-electron chi connectivity index (χ1n) is 4.44. The summed E-state index contributed by atoms with van der Waals surface area (Å²) >= 11 is 3.98. The van der Waals surface area contributed by atoms with Gasteiger partial charge in [-0.25, -0.2) is 0 Å². The van der Waals surface area contributed by atoms with Crippen molar-refractivity contribution in [3.8, 4) is 0 Å². The molecule has 0 aromatic rings. The minimum absolute atomic E-state index is 0.0204. The van der Waals surface area contributed by atoms with Crippen LogP contribution in [-0.2, 0) is 0 Å². The van der Waals surface area contributed by atoms with Gasteiger partial charge in [-0.05, 0) is 18.6 Å². The third kappa shape index (κ3) is 6.64. The molecule has 0 aliphatic carbocycles. The number of unbranched alkanes of at least 4 members (excludes halogenated alkanes) is 1. The van der Waals surface area contributed by atoms with Crippen LogP contribution in [0.4, 0.5) is 0 Å². The quantitative estimate of drug-likeness (QED) is 0.291. The van der Waals surface area contributed by atoms with E-state index in [9.17, 15) is 20.2 Å². The van der Waals surface area contributed by atoms with Crippen LogP contribution in [0.1, 0.15) is 25.7 Å². The van der Waals surface area contributed by atoms with Crippen LogP contribution >= 0.6 is 12.6 Å². The fourth-order valence-corrected chi connectivity index (χ4v) is 1.32. The molecule has 0 radical (unpaired) electrons. The van der Waals surface area contributed by atoms with Crippen LogP contribution in [0.15, 0.2) is 0 Å². The molecule has 1 unspecified atom stereocenters. The first-order valence-corrected chi connectivity index (χ1v) is 5.07. The van der Waals surface area contributed by atoms with Gasteiger partial charge in [-0.3, -0.25) is 20.2 Å². The van der Waals surface area contributed by atoms with Crippen molar-refractivity contribution in [1.29, 1.82) is 0 Å². The van der Waals surface area contributed by atoms with E-state index in [1.165, 1.54) is 0 Å². The predicted octanol–water partition coefficient (Wildman–Crippen LogP) is 1.40. The molecule has 0 saturated heterocycles. The second-order valence-electron chi connectivity index (χ2n) is 3.00. The molecule has 0 spiro atoms. The number of nitrogens with zero attached hydrogens (tertiary/aromatic N) is 2. The second kappa shape index (κ2) is 7.54. The molecule has 0 aromatic carbocycles. The lowest BCUT2D eigenvalue weighted by molar-refractivity contribution is -0.542. The minimum atomic E-state index is -0.778. The van der Waals surface area contributed by atoms with E-state index in [4.69, 9.17) is 0 Å². The number of nitro groups is 2. The summed E-state index contributed by atoms with van der Waals surface area (Å²) in [5, 5.41) is 20.5. The van der Waals surface area contributed by atoms with Gasteiger partial charge < -0.3 is 0 Å². The van der Waals surface area contributed by atoms with E-state index < -0.39 is 15.9 Å². The van der Waals surface area contributed by atoms with Gasteiger partial charge in [-0.2, -0.15) is 12.6 Å². The normalized spacial score (nSPS) is 12.4. The third-order valence-corrected chi connectivity index (χ3v) is 2.20. The van der Waals surface area contributed by atoms with Crippen molar-refractivity contribution in [2.45, 2.75) is 31.7 Å². The Morgan fingerprint density at radius 3 is 2.21 bits per heavy atom. The zero-order chi connectivity index (χ0) is 11.0. The van der Waals surface area contributed by atoms with Crippen molar-refractivity contribution in [2.24, 2.45) is 0 Å². The molecule has 6 nitrogen and oxygen atoms in total. The largest absolute Gasteiger partial charge is 0.265 e. The highest BCUT2D eigenvalue weighted by Gasteiger charge is 2.21. The van der Waals surface area contributed by atoms with Gasteiger partial charge in [0.2, 0.25) is 12.6 Å². The molecule has 1 atom stereocenters. The molecule has 0 aliphatic rings. The third-order valence-electron chi connectivity index (χ3n) is 1.89. The summed E-state index contributed by atoms with van der Waals surface area (Å²) < 4.78 is 0. The fourth-order valence-electron chi connectivity index (χ4n) is 1.10. The molecule has 0 aromatic heterocycles. The van der Waals surface area contributed by atoms with E-state index in [2.05, 4.69) is 12.6 Å². The summed E-state index contributed by atoms with van der Waals surface area (Å²) in [4.78, 5) is 19.5. The zero-order valence-electron chi connectivity index (χ0n) is 7.79. The highest BCUT2D eigenvalue weighted by molar-refractivity contribution is 7.80. The number of thiol groups is 1. The maximum absolute atomic E-state index is 10.5. The molecule has 0 amide bonds. The predicted molar refractivity (Wildman–Crippen MR) is 55.0 cm³/mol. The van der Waals surface area contributed by atoms with E-state index in [0.29, 0.717) is 18.6 Å². The SMILES string of the molecule is O=[N+]([O-])CCC(CCCCS)[N+](=O)[O-]. The summed E-state index contributed by atoms with van der Waals surface area (Å²) in [7, 11) is 0. The fraction of sp³-hybridized carbons (Fsp3) is 1.00. The van der Waals surface area contributed by atoms with Crippen molar-refractivity contribution in [3.05, 3.63) is 20.2 Å². The first-order chi connectivity index (χ1) is 6.57. The van der Waals surface area contributed by atoms with Crippen LogP contribution in [-0.4, -0.2) is 28.2 Å². The Kier molecular flexibility index (Phi) is 7.09. The molecule has 7 heteroatoms. The Morgan fingerprint density at radius 1 is 1.14 bits per heavy atom. The lowest BCUT2D eigenvalue weighted by Gasteiger charge is -2.05. The van der Waals surface area contributed by atoms with E-state index in [1.54, 1.807) is 0 Å². The lowest BCUT2D eigenvalue weighted by atomic mass is 10.1. The average molecular weight is 222 g/mol. The van der Waals surface area contributed by atoms with Crippen LogP contribution in [0.5, 0.6) is 0 Å². The van der Waals surface area contributed by atoms with E-state index in [1.807, 2.05) is 0 Å². The van der Waals surface area contributed by atoms with Crippen LogP contribution < -0.4 is 0 Å². The topological polar surface area (TPSA) is 86.3 Å². The Hall–Kier alpha value is -0.850. The van der Waals surface area contributed by atoms with Gasteiger partial charge in [0, 0.05) is 16.3 Å². The maximum atomic E-state index is 10.5. The Bertz CT molecular complexity index is 200. The van der Waals surface area contributed by atoms with E-state index >= 15 is 0 Å². The van der Waals surface area contributed by atoms with Gasteiger partial charge >= 0.3 is 0 Å². The summed E-state index contributed by atoms with van der Waals surface area (Å²) in [6.45, 7) is -0.327. The van der Waals surface area contributed by atoms with Gasteiger partial charge in [0.05, 0.1) is 6.42 Å². The molecule has 82 valence electrons. The highest BCUT2D eigenvalue weighted by atomic mass is 32.1. The summed E-state index contributed by atoms with van der Waals surface area (Å²) in [5.74, 6) is 0.694. The van der Waals surface area contributed by atoms with Crippen LogP contribution in [0, 0.1) is 20.2 Å². The summed E-state index contributed by atoms with van der Waals surface area (Å²) in [6.07, 6.45) is 1.94. The molecule has 0 fully saturated rings. The standard InChI is InChI=1S/C7H14N2O4S/c10-8(11)5-4-7(9(12)13)3-1-2-6-14/h7,14H,1-6H2.